The molecule has 10 heteroatoms. The number of carbonyl (C=O) groups is 1. The lowest BCUT2D eigenvalue weighted by Crippen LogP contribution is -2.22. The van der Waals surface area contributed by atoms with E-state index in [-0.39, 0.29) is 11.7 Å². The van der Waals surface area contributed by atoms with Crippen molar-refractivity contribution in [2.45, 2.75) is 17.3 Å². The average Bonchev–Trinajstić information content (AvgIpc) is 3.39. The van der Waals surface area contributed by atoms with E-state index in [2.05, 4.69) is 25.5 Å². The third-order valence-electron chi connectivity index (χ3n) is 4.12. The Balaban J connectivity index is 1.39. The van der Waals surface area contributed by atoms with E-state index in [1.807, 2.05) is 0 Å². The Morgan fingerprint density at radius 3 is 2.67 bits per heavy atom. The van der Waals surface area contributed by atoms with Gasteiger partial charge < -0.3 is 5.32 Å². The van der Waals surface area contributed by atoms with Crippen LogP contribution in [0.5, 0.6) is 0 Å². The van der Waals surface area contributed by atoms with Gasteiger partial charge in [0.2, 0.25) is 11.1 Å². The molecule has 0 bridgehead atoms. The smallest absolute Gasteiger partial charge is 0.239 e. The first kappa shape index (κ1) is 20.2. The van der Waals surface area contributed by atoms with Crippen molar-refractivity contribution >= 4 is 34.1 Å². The van der Waals surface area contributed by atoms with Gasteiger partial charge >= 0.3 is 0 Å². The number of hydrogen-bond donors (Lipinski definition) is 2. The van der Waals surface area contributed by atoms with E-state index in [0.29, 0.717) is 27.4 Å². The average molecular weight is 444 g/mol. The van der Waals surface area contributed by atoms with Crippen LogP contribution in [0.1, 0.15) is 6.92 Å². The molecule has 1 unspecified atom stereocenters. The van der Waals surface area contributed by atoms with Crippen molar-refractivity contribution in [1.29, 1.82) is 0 Å². The number of nitrogens with zero attached hydrogens (tertiary/aromatic N) is 3. The monoisotopic (exact) mass is 443 g/mol. The summed E-state index contributed by atoms with van der Waals surface area (Å²) in [5.74, 6) is -0.695. The molecule has 2 heterocycles. The number of benzene rings is 2. The quantitative estimate of drug-likeness (QED) is 0.410. The first-order valence-corrected chi connectivity index (χ1v) is 10.6. The molecular formula is C20H15F2N5OS2. The molecule has 0 radical (unpaired) electrons. The zero-order chi connectivity index (χ0) is 21.1. The normalized spacial score (nSPS) is 12.0. The van der Waals surface area contributed by atoms with Gasteiger partial charge in [-0.25, -0.2) is 18.7 Å². The fourth-order valence-corrected chi connectivity index (χ4v) is 4.02. The van der Waals surface area contributed by atoms with Crippen LogP contribution in [-0.4, -0.2) is 31.3 Å². The molecule has 1 atom stereocenters. The van der Waals surface area contributed by atoms with Gasteiger partial charge in [-0.1, -0.05) is 23.9 Å². The third kappa shape index (κ3) is 4.55. The molecule has 0 aliphatic heterocycles. The molecular weight excluding hydrogens is 428 g/mol. The second-order valence-corrected chi connectivity index (χ2v) is 8.41. The number of H-pyrrole nitrogens is 1. The third-order valence-corrected chi connectivity index (χ3v) is 5.84. The molecule has 2 aromatic heterocycles. The Labute approximate surface area is 178 Å². The first-order valence-electron chi connectivity index (χ1n) is 8.86. The van der Waals surface area contributed by atoms with Gasteiger partial charge in [0.1, 0.15) is 11.6 Å². The SMILES string of the molecule is CC(Sc1n[nH]c(-c2ccccc2F)n1)C(=O)Nc1nc(-c2ccc(F)cc2)cs1. The number of thiazole rings is 1. The lowest BCUT2D eigenvalue weighted by atomic mass is 10.2. The summed E-state index contributed by atoms with van der Waals surface area (Å²) < 4.78 is 26.9. The lowest BCUT2D eigenvalue weighted by Gasteiger charge is -2.07. The summed E-state index contributed by atoms with van der Waals surface area (Å²) in [7, 11) is 0. The Hall–Kier alpha value is -3.11. The van der Waals surface area contributed by atoms with Crippen LogP contribution in [0.2, 0.25) is 0 Å². The molecule has 30 heavy (non-hydrogen) atoms. The molecule has 0 spiro atoms. The van der Waals surface area contributed by atoms with Gasteiger partial charge in [0.15, 0.2) is 11.0 Å². The number of carbonyl (C=O) groups excluding carboxylic acids is 1. The maximum Gasteiger partial charge on any atom is 0.239 e. The minimum atomic E-state index is -0.507. The Morgan fingerprint density at radius 2 is 1.90 bits per heavy atom. The van der Waals surface area contributed by atoms with Gasteiger partial charge in [0.05, 0.1) is 16.5 Å². The molecule has 6 nitrogen and oxygen atoms in total. The molecule has 152 valence electrons. The number of anilines is 1. The van der Waals surface area contributed by atoms with E-state index in [9.17, 15) is 13.6 Å². The standard InChI is InChI=1S/C20H15F2N5OS2/c1-11(30-20-24-17(26-27-20)14-4-2-3-5-15(14)22)18(28)25-19-23-16(10-29-19)12-6-8-13(21)9-7-12/h2-11H,1H3,(H,23,25,28)(H,24,26,27). The van der Waals surface area contributed by atoms with E-state index < -0.39 is 11.1 Å². The van der Waals surface area contributed by atoms with Crippen LogP contribution >= 0.6 is 23.1 Å². The molecule has 4 aromatic rings. The first-order chi connectivity index (χ1) is 14.5. The summed E-state index contributed by atoms with van der Waals surface area (Å²) in [4.78, 5) is 21.1. The zero-order valence-electron chi connectivity index (χ0n) is 15.6. The van der Waals surface area contributed by atoms with E-state index in [1.165, 1.54) is 29.5 Å². The van der Waals surface area contributed by atoms with Gasteiger partial charge in [-0.2, -0.15) is 0 Å². The summed E-state index contributed by atoms with van der Waals surface area (Å²) in [6.45, 7) is 1.72. The number of aromatic amines is 1. The van der Waals surface area contributed by atoms with Crippen molar-refractivity contribution < 1.29 is 13.6 Å². The molecule has 0 saturated carbocycles. The highest BCUT2D eigenvalue weighted by atomic mass is 32.2. The van der Waals surface area contributed by atoms with E-state index in [4.69, 9.17) is 0 Å². The lowest BCUT2D eigenvalue weighted by molar-refractivity contribution is -0.115. The van der Waals surface area contributed by atoms with Gasteiger partial charge in [-0.05, 0) is 43.3 Å². The highest BCUT2D eigenvalue weighted by Crippen LogP contribution is 2.27. The van der Waals surface area contributed by atoms with Crippen molar-refractivity contribution in [3.05, 3.63) is 65.5 Å². The summed E-state index contributed by atoms with van der Waals surface area (Å²) in [5.41, 5.74) is 1.72. The number of halogens is 2. The van der Waals surface area contributed by atoms with Crippen LogP contribution in [0.25, 0.3) is 22.6 Å². The number of nitrogens with one attached hydrogen (secondary N) is 2. The predicted molar refractivity (Wildman–Crippen MR) is 113 cm³/mol. The Bertz CT molecular complexity index is 1180. The highest BCUT2D eigenvalue weighted by Gasteiger charge is 2.19. The van der Waals surface area contributed by atoms with Crippen molar-refractivity contribution in [3.8, 4) is 22.6 Å². The minimum Gasteiger partial charge on any atom is -0.301 e. The number of thioether (sulfide) groups is 1. The molecule has 4 rings (SSSR count). The Morgan fingerprint density at radius 1 is 1.13 bits per heavy atom. The molecule has 2 aromatic carbocycles. The van der Waals surface area contributed by atoms with E-state index in [0.717, 1.165) is 17.3 Å². The highest BCUT2D eigenvalue weighted by molar-refractivity contribution is 8.00. The van der Waals surface area contributed by atoms with E-state index >= 15 is 0 Å². The summed E-state index contributed by atoms with van der Waals surface area (Å²) in [6.07, 6.45) is 0. The summed E-state index contributed by atoms with van der Waals surface area (Å²) in [6, 6.07) is 12.2. The number of aromatic nitrogens is 4. The fraction of sp³-hybridized carbons (Fsp3) is 0.100. The second-order valence-electron chi connectivity index (χ2n) is 6.24. The molecule has 0 aliphatic carbocycles. The summed E-state index contributed by atoms with van der Waals surface area (Å²) in [5, 5.41) is 11.6. The van der Waals surface area contributed by atoms with Crippen LogP contribution in [0, 0.1) is 11.6 Å². The fourth-order valence-electron chi connectivity index (χ4n) is 2.58. The number of hydrogen-bond acceptors (Lipinski definition) is 6. The van der Waals surface area contributed by atoms with Crippen LogP contribution in [-0.2, 0) is 4.79 Å². The van der Waals surface area contributed by atoms with Gasteiger partial charge in [0.25, 0.3) is 0 Å². The van der Waals surface area contributed by atoms with Crippen LogP contribution in [0.4, 0.5) is 13.9 Å². The number of amides is 1. The maximum atomic E-state index is 13.9. The zero-order valence-corrected chi connectivity index (χ0v) is 17.2. The summed E-state index contributed by atoms with van der Waals surface area (Å²) >= 11 is 2.42. The molecule has 0 fully saturated rings. The molecule has 0 aliphatic rings. The van der Waals surface area contributed by atoms with Crippen molar-refractivity contribution in [2.75, 3.05) is 5.32 Å². The maximum absolute atomic E-state index is 13.9. The molecule has 1 amide bonds. The minimum absolute atomic E-state index is 0.266. The van der Waals surface area contributed by atoms with Crippen LogP contribution in [0.3, 0.4) is 0 Å². The van der Waals surface area contributed by atoms with Gasteiger partial charge in [0, 0.05) is 10.9 Å². The van der Waals surface area contributed by atoms with Crippen molar-refractivity contribution in [2.24, 2.45) is 0 Å². The second kappa shape index (κ2) is 8.72. The van der Waals surface area contributed by atoms with Crippen LogP contribution in [0.15, 0.2) is 59.1 Å². The van der Waals surface area contributed by atoms with Crippen molar-refractivity contribution in [3.63, 3.8) is 0 Å². The predicted octanol–water partition coefficient (Wildman–Crippen LogP) is 4.99. The largest absolute Gasteiger partial charge is 0.301 e. The van der Waals surface area contributed by atoms with Gasteiger partial charge in [-0.15, -0.1) is 16.4 Å². The molecule has 2 N–H and O–H groups in total. The Kier molecular flexibility index (Phi) is 5.86. The number of rotatable bonds is 6. The van der Waals surface area contributed by atoms with Crippen LogP contribution < -0.4 is 5.32 Å². The topological polar surface area (TPSA) is 83.6 Å². The molecule has 0 saturated heterocycles. The van der Waals surface area contributed by atoms with Gasteiger partial charge in [-0.3, -0.25) is 9.89 Å². The van der Waals surface area contributed by atoms with E-state index in [1.54, 1.807) is 42.6 Å². The van der Waals surface area contributed by atoms with Crippen molar-refractivity contribution in [1.82, 2.24) is 20.2 Å².